The molecule has 0 aromatic heterocycles. The topological polar surface area (TPSA) is 9.23 Å². The van der Waals surface area contributed by atoms with Crippen LogP contribution in [0.25, 0.3) is 0 Å². The van der Waals surface area contributed by atoms with Crippen LogP contribution < -0.4 is 0 Å². The van der Waals surface area contributed by atoms with Crippen molar-refractivity contribution in [2.45, 2.75) is 40.0 Å². The van der Waals surface area contributed by atoms with Gasteiger partial charge in [-0.2, -0.15) is 0 Å². The van der Waals surface area contributed by atoms with Crippen molar-refractivity contribution in [3.05, 3.63) is 24.3 Å². The zero-order chi connectivity index (χ0) is 10.8. The van der Waals surface area contributed by atoms with Crippen LogP contribution in [0, 0.1) is 5.92 Å². The van der Waals surface area contributed by atoms with Crippen molar-refractivity contribution < 1.29 is 4.74 Å². The van der Waals surface area contributed by atoms with Crippen LogP contribution in [0.5, 0.6) is 0 Å². The third-order valence-corrected chi connectivity index (χ3v) is 2.29. The zero-order valence-electron chi connectivity index (χ0n) is 9.88. The molecular formula is C13H24O. The molecule has 82 valence electrons. The van der Waals surface area contributed by atoms with Crippen molar-refractivity contribution in [1.82, 2.24) is 0 Å². The second-order valence-electron chi connectivity index (χ2n) is 3.88. The molecule has 0 aromatic rings. The lowest BCUT2D eigenvalue weighted by atomic mass is 10.0. The maximum Gasteiger partial charge on any atom is 0.0649 e. The van der Waals surface area contributed by atoms with Gasteiger partial charge in [0.1, 0.15) is 0 Å². The summed E-state index contributed by atoms with van der Waals surface area (Å²) in [7, 11) is 0. The fraction of sp³-hybridized carbons (Fsp3) is 0.692. The highest BCUT2D eigenvalue weighted by molar-refractivity contribution is 4.98. The van der Waals surface area contributed by atoms with Crippen LogP contribution >= 0.6 is 0 Å². The van der Waals surface area contributed by atoms with Gasteiger partial charge in [0, 0.05) is 6.61 Å². The van der Waals surface area contributed by atoms with E-state index in [1.54, 1.807) is 0 Å². The Morgan fingerprint density at radius 2 is 2.21 bits per heavy atom. The SMILES string of the molecule is C=CC(C)CCC(C)=CCOCCC. The fourth-order valence-corrected chi connectivity index (χ4v) is 1.10. The average molecular weight is 196 g/mol. The van der Waals surface area contributed by atoms with Crippen LogP contribution in [0.1, 0.15) is 40.0 Å². The van der Waals surface area contributed by atoms with Gasteiger partial charge >= 0.3 is 0 Å². The molecule has 0 aliphatic heterocycles. The quantitative estimate of drug-likeness (QED) is 0.422. The van der Waals surface area contributed by atoms with Gasteiger partial charge in [0.2, 0.25) is 0 Å². The molecule has 1 heteroatoms. The van der Waals surface area contributed by atoms with Crippen molar-refractivity contribution in [2.24, 2.45) is 5.92 Å². The summed E-state index contributed by atoms with van der Waals surface area (Å²) in [6, 6.07) is 0. The monoisotopic (exact) mass is 196 g/mol. The summed E-state index contributed by atoms with van der Waals surface area (Å²) in [5.41, 5.74) is 1.43. The van der Waals surface area contributed by atoms with Crippen LogP contribution in [0.15, 0.2) is 24.3 Å². The first-order chi connectivity index (χ1) is 6.70. The second-order valence-corrected chi connectivity index (χ2v) is 3.88. The molecule has 0 amide bonds. The van der Waals surface area contributed by atoms with E-state index >= 15 is 0 Å². The maximum atomic E-state index is 5.39. The molecule has 0 bridgehead atoms. The number of rotatable bonds is 8. The Morgan fingerprint density at radius 3 is 2.79 bits per heavy atom. The summed E-state index contributed by atoms with van der Waals surface area (Å²) in [6.45, 7) is 11.9. The minimum Gasteiger partial charge on any atom is -0.377 e. The first kappa shape index (κ1) is 13.4. The maximum absolute atomic E-state index is 5.39. The summed E-state index contributed by atoms with van der Waals surface area (Å²) in [4.78, 5) is 0. The summed E-state index contributed by atoms with van der Waals surface area (Å²) >= 11 is 0. The second kappa shape index (κ2) is 9.01. The Bertz CT molecular complexity index is 170. The van der Waals surface area contributed by atoms with Gasteiger partial charge < -0.3 is 4.74 Å². The summed E-state index contributed by atoms with van der Waals surface area (Å²) in [5, 5.41) is 0. The highest BCUT2D eigenvalue weighted by Gasteiger charge is 1.96. The van der Waals surface area contributed by atoms with E-state index in [1.807, 2.05) is 6.08 Å². The third-order valence-electron chi connectivity index (χ3n) is 2.29. The first-order valence-electron chi connectivity index (χ1n) is 5.56. The third kappa shape index (κ3) is 8.06. The number of hydrogen-bond donors (Lipinski definition) is 0. The Hall–Kier alpha value is -0.560. The van der Waals surface area contributed by atoms with Gasteiger partial charge in [-0.15, -0.1) is 6.58 Å². The molecule has 14 heavy (non-hydrogen) atoms. The molecule has 0 aliphatic carbocycles. The predicted molar refractivity (Wildman–Crippen MR) is 63.5 cm³/mol. The van der Waals surface area contributed by atoms with E-state index in [-0.39, 0.29) is 0 Å². The molecular weight excluding hydrogens is 172 g/mol. The Morgan fingerprint density at radius 1 is 1.50 bits per heavy atom. The van der Waals surface area contributed by atoms with Crippen molar-refractivity contribution >= 4 is 0 Å². The standard InChI is InChI=1S/C13H24O/c1-5-10-14-11-9-13(4)8-7-12(3)6-2/h6,9,12H,2,5,7-8,10-11H2,1,3-4H3. The van der Waals surface area contributed by atoms with E-state index in [0.717, 1.165) is 26.1 Å². The molecule has 0 heterocycles. The van der Waals surface area contributed by atoms with E-state index < -0.39 is 0 Å². The summed E-state index contributed by atoms with van der Waals surface area (Å²) in [5.74, 6) is 0.620. The van der Waals surface area contributed by atoms with Crippen molar-refractivity contribution in [3.8, 4) is 0 Å². The van der Waals surface area contributed by atoms with Gasteiger partial charge in [-0.05, 0) is 32.1 Å². The Kier molecular flexibility index (Phi) is 8.65. The van der Waals surface area contributed by atoms with Crippen molar-refractivity contribution in [1.29, 1.82) is 0 Å². The number of hydrogen-bond acceptors (Lipinski definition) is 1. The summed E-state index contributed by atoms with van der Waals surface area (Å²) in [6.07, 6.45) is 7.65. The molecule has 0 saturated heterocycles. The molecule has 0 saturated carbocycles. The molecule has 1 nitrogen and oxygen atoms in total. The van der Waals surface area contributed by atoms with Gasteiger partial charge in [-0.25, -0.2) is 0 Å². The average Bonchev–Trinajstić information content (AvgIpc) is 2.21. The van der Waals surface area contributed by atoms with E-state index in [2.05, 4.69) is 33.4 Å². The molecule has 0 spiro atoms. The van der Waals surface area contributed by atoms with Gasteiger partial charge in [0.05, 0.1) is 6.61 Å². The lowest BCUT2D eigenvalue weighted by Crippen LogP contribution is -1.94. The minimum atomic E-state index is 0.620. The molecule has 0 rings (SSSR count). The van der Waals surface area contributed by atoms with Gasteiger partial charge in [0.25, 0.3) is 0 Å². The summed E-state index contributed by atoms with van der Waals surface area (Å²) < 4.78 is 5.39. The molecule has 0 fully saturated rings. The molecule has 0 radical (unpaired) electrons. The van der Waals surface area contributed by atoms with E-state index in [9.17, 15) is 0 Å². The largest absolute Gasteiger partial charge is 0.377 e. The Labute approximate surface area is 88.9 Å². The van der Waals surface area contributed by atoms with Crippen LogP contribution in [0.4, 0.5) is 0 Å². The lowest BCUT2D eigenvalue weighted by molar-refractivity contribution is 0.162. The smallest absolute Gasteiger partial charge is 0.0649 e. The van der Waals surface area contributed by atoms with Gasteiger partial charge in [-0.3, -0.25) is 0 Å². The molecule has 1 unspecified atom stereocenters. The highest BCUT2D eigenvalue weighted by atomic mass is 16.5. The van der Waals surface area contributed by atoms with E-state index in [1.165, 1.54) is 12.0 Å². The fourth-order valence-electron chi connectivity index (χ4n) is 1.10. The number of allylic oxidation sites excluding steroid dienone is 2. The van der Waals surface area contributed by atoms with Gasteiger partial charge in [0.15, 0.2) is 0 Å². The minimum absolute atomic E-state index is 0.620. The molecule has 0 aromatic carbocycles. The van der Waals surface area contributed by atoms with Crippen LogP contribution in [0.2, 0.25) is 0 Å². The highest BCUT2D eigenvalue weighted by Crippen LogP contribution is 2.11. The first-order valence-corrected chi connectivity index (χ1v) is 5.56. The van der Waals surface area contributed by atoms with Crippen LogP contribution in [0.3, 0.4) is 0 Å². The zero-order valence-corrected chi connectivity index (χ0v) is 9.88. The van der Waals surface area contributed by atoms with E-state index in [4.69, 9.17) is 4.74 Å². The van der Waals surface area contributed by atoms with Crippen molar-refractivity contribution in [2.75, 3.05) is 13.2 Å². The normalized spacial score (nSPS) is 14.1. The van der Waals surface area contributed by atoms with E-state index in [0.29, 0.717) is 5.92 Å². The molecule has 0 N–H and O–H groups in total. The predicted octanol–water partition coefficient (Wildman–Crippen LogP) is 3.96. The Balaban J connectivity index is 3.51. The molecule has 1 atom stereocenters. The van der Waals surface area contributed by atoms with Crippen LogP contribution in [-0.4, -0.2) is 13.2 Å². The van der Waals surface area contributed by atoms with Gasteiger partial charge in [-0.1, -0.05) is 31.6 Å². The molecule has 0 aliphatic rings. The number of ether oxygens (including phenoxy) is 1. The van der Waals surface area contributed by atoms with Crippen molar-refractivity contribution in [3.63, 3.8) is 0 Å². The lowest BCUT2D eigenvalue weighted by Gasteiger charge is -2.05. The van der Waals surface area contributed by atoms with Crippen LogP contribution in [-0.2, 0) is 4.74 Å².